The minimum absolute atomic E-state index is 0.135. The number of fused-ring (bicyclic) bond motifs is 4. The monoisotopic (exact) mass is 531 g/mol. The number of carbonyl (C=O) groups excluding carboxylic acids is 1. The van der Waals surface area contributed by atoms with Gasteiger partial charge in [-0.15, -0.1) is 0 Å². The number of halogens is 3. The van der Waals surface area contributed by atoms with Gasteiger partial charge in [-0.2, -0.15) is 0 Å². The molecule has 1 N–H and O–H groups in total. The highest BCUT2D eigenvalue weighted by Gasteiger charge is 2.38. The van der Waals surface area contributed by atoms with E-state index in [1.54, 1.807) is 18.7 Å². The molecule has 7 nitrogen and oxygen atoms in total. The Morgan fingerprint density at radius 2 is 1.95 bits per heavy atom. The van der Waals surface area contributed by atoms with Gasteiger partial charge in [-0.3, -0.25) is 9.69 Å². The number of hydrogen-bond donors (Lipinski definition) is 1. The van der Waals surface area contributed by atoms with Crippen LogP contribution >= 0.6 is 11.6 Å². The van der Waals surface area contributed by atoms with E-state index < -0.39 is 11.7 Å². The van der Waals surface area contributed by atoms with Crippen LogP contribution in [0.25, 0.3) is 0 Å². The van der Waals surface area contributed by atoms with Crippen LogP contribution in [-0.4, -0.2) is 76.4 Å². The fraction of sp³-hybridized carbons (Fsp3) is 0.556. The molecule has 3 saturated heterocycles. The van der Waals surface area contributed by atoms with E-state index in [4.69, 9.17) is 21.7 Å². The summed E-state index contributed by atoms with van der Waals surface area (Å²) in [7, 11) is 0. The van der Waals surface area contributed by atoms with Crippen molar-refractivity contribution in [1.29, 1.82) is 5.41 Å². The number of alkyl halides is 1. The fourth-order valence-electron chi connectivity index (χ4n) is 6.00. The van der Waals surface area contributed by atoms with Gasteiger partial charge in [0.1, 0.15) is 30.2 Å². The minimum Gasteiger partial charge on any atom is -0.489 e. The number of aromatic nitrogens is 2. The highest BCUT2D eigenvalue weighted by atomic mass is 35.5. The van der Waals surface area contributed by atoms with Gasteiger partial charge in [0.15, 0.2) is 0 Å². The molecule has 3 aliphatic heterocycles. The lowest BCUT2D eigenvalue weighted by Crippen LogP contribution is -2.42. The topological polar surface area (TPSA) is 82.4 Å². The third-order valence-corrected chi connectivity index (χ3v) is 8.42. The Hall–Kier alpha value is -2.65. The van der Waals surface area contributed by atoms with Crippen LogP contribution in [0.15, 0.2) is 18.2 Å². The molecular formula is C27H32ClF2N5O2. The van der Waals surface area contributed by atoms with Crippen molar-refractivity contribution in [2.24, 2.45) is 5.92 Å². The summed E-state index contributed by atoms with van der Waals surface area (Å²) in [5, 5.41) is 9.01. The van der Waals surface area contributed by atoms with Gasteiger partial charge >= 0.3 is 0 Å². The van der Waals surface area contributed by atoms with E-state index >= 15 is 0 Å². The van der Waals surface area contributed by atoms with Crippen LogP contribution in [0.5, 0.6) is 5.75 Å². The lowest BCUT2D eigenvalue weighted by atomic mass is 9.95. The summed E-state index contributed by atoms with van der Waals surface area (Å²) in [5.41, 5.74) is 1.89. The van der Waals surface area contributed by atoms with Gasteiger partial charge in [-0.25, -0.2) is 18.7 Å². The Morgan fingerprint density at radius 3 is 2.68 bits per heavy atom. The van der Waals surface area contributed by atoms with Gasteiger partial charge in [0.25, 0.3) is 5.91 Å². The average Bonchev–Trinajstić information content (AvgIpc) is 3.04. The zero-order chi connectivity index (χ0) is 26.3. The molecule has 4 unspecified atom stereocenters. The minimum atomic E-state index is -0.477. The van der Waals surface area contributed by atoms with E-state index in [0.717, 1.165) is 32.2 Å². The Morgan fingerprint density at radius 1 is 1.19 bits per heavy atom. The quantitative estimate of drug-likeness (QED) is 0.582. The average molecular weight is 532 g/mol. The third-order valence-electron chi connectivity index (χ3n) is 7.87. The summed E-state index contributed by atoms with van der Waals surface area (Å²) in [6.45, 7) is 4.88. The summed E-state index contributed by atoms with van der Waals surface area (Å²) < 4.78 is 33.7. The molecule has 4 heterocycles. The molecule has 4 fully saturated rings. The fourth-order valence-corrected chi connectivity index (χ4v) is 6.08. The van der Waals surface area contributed by atoms with E-state index in [-0.39, 0.29) is 49.1 Å². The first kappa shape index (κ1) is 26.0. The second kappa shape index (κ2) is 10.6. The van der Waals surface area contributed by atoms with Crippen molar-refractivity contribution in [2.45, 2.75) is 57.6 Å². The molecule has 0 spiro atoms. The normalized spacial score (nSPS) is 26.0. The van der Waals surface area contributed by atoms with Crippen LogP contribution in [0, 0.1) is 31.0 Å². The Kier molecular flexibility index (Phi) is 7.45. The lowest BCUT2D eigenvalue weighted by Gasteiger charge is -2.35. The predicted molar refractivity (Wildman–Crippen MR) is 137 cm³/mol. The standard InChI is InChI=1S/C27H32ClF2N5O2/c1-15-25(28)16(2)33-26(32-15)22-13-35(14-23(22)31)27(36)21-6-4-18(30)10-24(21)37-20-9-17-3-5-19(11-20)34(12-17)8-7-29/h4,6,10,17,19-20,22,31H,3,5,7-9,11-14H2,1-2H3. The molecule has 2 aromatic rings. The van der Waals surface area contributed by atoms with Crippen molar-refractivity contribution >= 4 is 23.2 Å². The van der Waals surface area contributed by atoms with Crippen molar-refractivity contribution in [1.82, 2.24) is 19.8 Å². The van der Waals surface area contributed by atoms with Crippen LogP contribution in [-0.2, 0) is 0 Å². The van der Waals surface area contributed by atoms with Crippen LogP contribution in [0.1, 0.15) is 59.2 Å². The molecule has 2 bridgehead atoms. The van der Waals surface area contributed by atoms with Crippen molar-refractivity contribution in [2.75, 3.05) is 32.9 Å². The second-order valence-corrected chi connectivity index (χ2v) is 10.8. The molecule has 1 saturated carbocycles. The maximum absolute atomic E-state index is 14.3. The van der Waals surface area contributed by atoms with Crippen LogP contribution in [0.4, 0.5) is 8.78 Å². The van der Waals surface area contributed by atoms with E-state index in [0.29, 0.717) is 40.4 Å². The molecular weight excluding hydrogens is 500 g/mol. The van der Waals surface area contributed by atoms with Crippen molar-refractivity contribution < 1.29 is 18.3 Å². The first-order chi connectivity index (χ1) is 17.7. The summed E-state index contributed by atoms with van der Waals surface area (Å²) in [4.78, 5) is 26.3. The molecule has 1 aromatic heterocycles. The number of benzene rings is 1. The molecule has 1 amide bonds. The summed E-state index contributed by atoms with van der Waals surface area (Å²) in [6, 6.07) is 4.22. The Balaban J connectivity index is 1.34. The van der Waals surface area contributed by atoms with Crippen molar-refractivity contribution in [3.05, 3.63) is 51.8 Å². The van der Waals surface area contributed by atoms with Crippen LogP contribution < -0.4 is 4.74 Å². The predicted octanol–water partition coefficient (Wildman–Crippen LogP) is 4.74. The van der Waals surface area contributed by atoms with Gasteiger partial charge in [-0.05, 0) is 57.6 Å². The zero-order valence-corrected chi connectivity index (χ0v) is 21.9. The number of ether oxygens (including phenoxy) is 1. The molecule has 1 aromatic carbocycles. The number of rotatable bonds is 6. The Labute approximate surface area is 220 Å². The summed E-state index contributed by atoms with van der Waals surface area (Å²) in [6.07, 6.45) is 3.43. The highest BCUT2D eigenvalue weighted by Crippen LogP contribution is 2.36. The molecule has 6 rings (SSSR count). The zero-order valence-electron chi connectivity index (χ0n) is 21.1. The van der Waals surface area contributed by atoms with Gasteiger partial charge < -0.3 is 15.0 Å². The van der Waals surface area contributed by atoms with Gasteiger partial charge in [0.2, 0.25) is 0 Å². The van der Waals surface area contributed by atoms with Gasteiger partial charge in [0.05, 0.1) is 34.4 Å². The smallest absolute Gasteiger partial charge is 0.257 e. The van der Waals surface area contributed by atoms with E-state index in [1.165, 1.54) is 18.2 Å². The molecule has 4 atom stereocenters. The number of hydrogen-bond acceptors (Lipinski definition) is 6. The number of piperidine rings is 1. The number of carbonyl (C=O) groups is 1. The van der Waals surface area contributed by atoms with Gasteiger partial charge in [-0.1, -0.05) is 11.6 Å². The van der Waals surface area contributed by atoms with E-state index in [2.05, 4.69) is 14.9 Å². The lowest BCUT2D eigenvalue weighted by molar-refractivity contribution is 0.0784. The SMILES string of the molecule is Cc1nc(C2CN(C(=O)c3ccc(F)cc3OC3CC4CCC(C3)N(CCF)C4)CC2=N)nc(C)c1Cl. The first-order valence-electron chi connectivity index (χ1n) is 12.9. The molecule has 0 radical (unpaired) electrons. The van der Waals surface area contributed by atoms with Gasteiger partial charge in [0, 0.05) is 37.5 Å². The number of nitrogens with zero attached hydrogens (tertiary/aromatic N) is 4. The number of likely N-dealkylation sites (tertiary alicyclic amines) is 1. The molecule has 1 aliphatic carbocycles. The molecule has 4 aliphatic rings. The maximum Gasteiger partial charge on any atom is 0.257 e. The number of amides is 1. The van der Waals surface area contributed by atoms with E-state index in [1.807, 2.05) is 0 Å². The Bertz CT molecular complexity index is 1190. The summed E-state index contributed by atoms with van der Waals surface area (Å²) >= 11 is 6.21. The molecule has 198 valence electrons. The van der Waals surface area contributed by atoms with Crippen LogP contribution in [0.3, 0.4) is 0 Å². The van der Waals surface area contributed by atoms with Crippen molar-refractivity contribution in [3.63, 3.8) is 0 Å². The molecule has 10 heteroatoms. The first-order valence-corrected chi connectivity index (χ1v) is 13.2. The maximum atomic E-state index is 14.3. The largest absolute Gasteiger partial charge is 0.489 e. The number of nitrogens with one attached hydrogen (secondary N) is 1. The third kappa shape index (κ3) is 5.34. The number of aryl methyl sites for hydroxylation is 2. The second-order valence-electron chi connectivity index (χ2n) is 10.5. The summed E-state index contributed by atoms with van der Waals surface area (Å²) in [5.74, 6) is -0.133. The van der Waals surface area contributed by atoms with Crippen molar-refractivity contribution in [3.8, 4) is 5.75 Å². The van der Waals surface area contributed by atoms with Crippen LogP contribution in [0.2, 0.25) is 5.02 Å². The molecule has 37 heavy (non-hydrogen) atoms. The highest BCUT2D eigenvalue weighted by molar-refractivity contribution is 6.31. The van der Waals surface area contributed by atoms with E-state index in [9.17, 15) is 13.6 Å².